The van der Waals surface area contributed by atoms with Gasteiger partial charge in [-0.25, -0.2) is 5.43 Å². The molecule has 3 rings (SSSR count). The van der Waals surface area contributed by atoms with Crippen LogP contribution in [0.4, 0.5) is 11.4 Å². The average molecular weight is 245 g/mol. The topological polar surface area (TPSA) is 44.4 Å². The van der Waals surface area contributed by atoms with Crippen LogP contribution in [0, 0.1) is 0 Å². The average Bonchev–Trinajstić information content (AvgIpc) is 2.71. The van der Waals surface area contributed by atoms with E-state index in [0.717, 1.165) is 37.2 Å². The Morgan fingerprint density at radius 3 is 3.00 bits per heavy atom. The molecule has 0 aliphatic carbocycles. The summed E-state index contributed by atoms with van der Waals surface area (Å²) >= 11 is 0. The fourth-order valence-corrected chi connectivity index (χ4v) is 2.64. The Hall–Kier alpha value is -1.55. The lowest BCUT2D eigenvalue weighted by Crippen LogP contribution is -2.29. The second-order valence-electron chi connectivity index (χ2n) is 5.20. The number of hydrazine groups is 1. The number of carbonyl (C=O) groups is 1. The summed E-state index contributed by atoms with van der Waals surface area (Å²) in [4.78, 5) is 13.7. The van der Waals surface area contributed by atoms with Crippen molar-refractivity contribution in [2.75, 3.05) is 16.9 Å². The molecule has 96 valence electrons. The van der Waals surface area contributed by atoms with Crippen molar-refractivity contribution < 1.29 is 4.79 Å². The van der Waals surface area contributed by atoms with Crippen molar-refractivity contribution in [2.45, 2.75) is 38.6 Å². The Morgan fingerprint density at radius 2 is 2.22 bits per heavy atom. The highest BCUT2D eigenvalue weighted by molar-refractivity contribution is 5.95. The summed E-state index contributed by atoms with van der Waals surface area (Å²) in [5, 5.41) is 0. The summed E-state index contributed by atoms with van der Waals surface area (Å²) in [7, 11) is 0. The molecular formula is C14H19N3O. The van der Waals surface area contributed by atoms with E-state index in [1.807, 2.05) is 11.0 Å². The molecule has 1 saturated heterocycles. The molecule has 0 saturated carbocycles. The van der Waals surface area contributed by atoms with Crippen molar-refractivity contribution in [3.8, 4) is 0 Å². The highest BCUT2D eigenvalue weighted by Crippen LogP contribution is 2.28. The van der Waals surface area contributed by atoms with Gasteiger partial charge in [0.25, 0.3) is 0 Å². The standard InChI is InChI=1S/C14H19N3O/c1-10-4-5-11-9-12(6-7-13(11)16-15-10)17-8-2-3-14(17)18/h6-7,9-10,15-16H,2-5,8H2,1H3. The van der Waals surface area contributed by atoms with Crippen LogP contribution in [0.15, 0.2) is 18.2 Å². The highest BCUT2D eigenvalue weighted by Gasteiger charge is 2.22. The van der Waals surface area contributed by atoms with E-state index >= 15 is 0 Å². The molecule has 4 heteroatoms. The first-order chi connectivity index (χ1) is 8.74. The first kappa shape index (κ1) is 11.5. The Bertz CT molecular complexity index is 472. The molecule has 1 fully saturated rings. The fourth-order valence-electron chi connectivity index (χ4n) is 2.64. The minimum atomic E-state index is 0.253. The number of rotatable bonds is 1. The zero-order chi connectivity index (χ0) is 12.5. The number of anilines is 2. The van der Waals surface area contributed by atoms with Gasteiger partial charge in [-0.3, -0.25) is 4.79 Å². The van der Waals surface area contributed by atoms with Crippen LogP contribution in [0.25, 0.3) is 0 Å². The summed E-state index contributed by atoms with van der Waals surface area (Å²) in [6.45, 7) is 3.03. The van der Waals surface area contributed by atoms with Crippen LogP contribution in [0.2, 0.25) is 0 Å². The summed E-state index contributed by atoms with van der Waals surface area (Å²) in [6, 6.07) is 6.73. The molecule has 2 N–H and O–H groups in total. The van der Waals surface area contributed by atoms with Gasteiger partial charge in [-0.1, -0.05) is 0 Å². The molecule has 2 aliphatic heterocycles. The summed E-state index contributed by atoms with van der Waals surface area (Å²) in [6.07, 6.45) is 3.82. The van der Waals surface area contributed by atoms with Crippen LogP contribution in [0.5, 0.6) is 0 Å². The molecule has 0 radical (unpaired) electrons. The molecule has 1 atom stereocenters. The molecule has 2 heterocycles. The second-order valence-corrected chi connectivity index (χ2v) is 5.20. The SMILES string of the molecule is CC1CCc2cc(N3CCCC3=O)ccc2NN1. The van der Waals surface area contributed by atoms with Crippen molar-refractivity contribution in [2.24, 2.45) is 0 Å². The first-order valence-corrected chi connectivity index (χ1v) is 6.69. The lowest BCUT2D eigenvalue weighted by Gasteiger charge is -2.18. The van der Waals surface area contributed by atoms with Gasteiger partial charge in [0.1, 0.15) is 0 Å². The van der Waals surface area contributed by atoms with Crippen molar-refractivity contribution in [1.29, 1.82) is 0 Å². The largest absolute Gasteiger partial charge is 0.321 e. The van der Waals surface area contributed by atoms with E-state index in [2.05, 4.69) is 29.9 Å². The zero-order valence-corrected chi connectivity index (χ0v) is 10.7. The van der Waals surface area contributed by atoms with Gasteiger partial charge in [0.05, 0.1) is 5.69 Å². The van der Waals surface area contributed by atoms with Gasteiger partial charge in [0.2, 0.25) is 5.91 Å². The van der Waals surface area contributed by atoms with E-state index in [-0.39, 0.29) is 5.91 Å². The maximum Gasteiger partial charge on any atom is 0.227 e. The molecular weight excluding hydrogens is 226 g/mol. The molecule has 18 heavy (non-hydrogen) atoms. The highest BCUT2D eigenvalue weighted by atomic mass is 16.2. The summed E-state index contributed by atoms with van der Waals surface area (Å²) < 4.78 is 0. The van der Waals surface area contributed by atoms with E-state index in [1.165, 1.54) is 5.56 Å². The van der Waals surface area contributed by atoms with E-state index in [1.54, 1.807) is 0 Å². The lowest BCUT2D eigenvalue weighted by molar-refractivity contribution is -0.117. The van der Waals surface area contributed by atoms with Gasteiger partial charge < -0.3 is 10.3 Å². The van der Waals surface area contributed by atoms with Gasteiger partial charge in [-0.2, -0.15) is 0 Å². The van der Waals surface area contributed by atoms with Gasteiger partial charge in [-0.05, 0) is 49.9 Å². The molecule has 2 aliphatic rings. The van der Waals surface area contributed by atoms with Crippen LogP contribution >= 0.6 is 0 Å². The molecule has 1 aromatic rings. The van der Waals surface area contributed by atoms with Crippen molar-refractivity contribution in [3.63, 3.8) is 0 Å². The van der Waals surface area contributed by atoms with Crippen molar-refractivity contribution in [3.05, 3.63) is 23.8 Å². The fraction of sp³-hybridized carbons (Fsp3) is 0.500. The minimum Gasteiger partial charge on any atom is -0.321 e. The number of nitrogens with zero attached hydrogens (tertiary/aromatic N) is 1. The summed E-state index contributed by atoms with van der Waals surface area (Å²) in [5.41, 5.74) is 10.00. The lowest BCUT2D eigenvalue weighted by atomic mass is 10.0. The third kappa shape index (κ3) is 2.08. The van der Waals surface area contributed by atoms with Crippen molar-refractivity contribution in [1.82, 2.24) is 5.43 Å². The molecule has 0 spiro atoms. The van der Waals surface area contributed by atoms with Crippen LogP contribution < -0.4 is 15.8 Å². The minimum absolute atomic E-state index is 0.253. The number of hydrogen-bond acceptors (Lipinski definition) is 3. The van der Waals surface area contributed by atoms with Gasteiger partial charge in [0, 0.05) is 24.7 Å². The Morgan fingerprint density at radius 1 is 1.33 bits per heavy atom. The predicted octanol–water partition coefficient (Wildman–Crippen LogP) is 2.06. The van der Waals surface area contributed by atoms with E-state index in [0.29, 0.717) is 12.5 Å². The Kier molecular flexibility index (Phi) is 2.96. The molecule has 0 aromatic heterocycles. The third-order valence-electron chi connectivity index (χ3n) is 3.77. The number of benzene rings is 1. The Labute approximate surface area is 107 Å². The van der Waals surface area contributed by atoms with Crippen LogP contribution in [0.3, 0.4) is 0 Å². The van der Waals surface area contributed by atoms with Crippen LogP contribution in [-0.4, -0.2) is 18.5 Å². The first-order valence-electron chi connectivity index (χ1n) is 6.69. The quantitative estimate of drug-likeness (QED) is 0.796. The molecule has 1 amide bonds. The number of amides is 1. The zero-order valence-electron chi connectivity index (χ0n) is 10.7. The van der Waals surface area contributed by atoms with Gasteiger partial charge >= 0.3 is 0 Å². The van der Waals surface area contributed by atoms with Gasteiger partial charge in [-0.15, -0.1) is 0 Å². The molecule has 1 aromatic carbocycles. The third-order valence-corrected chi connectivity index (χ3v) is 3.77. The van der Waals surface area contributed by atoms with Gasteiger partial charge in [0.15, 0.2) is 0 Å². The number of carbonyl (C=O) groups excluding carboxylic acids is 1. The predicted molar refractivity (Wildman–Crippen MR) is 72.6 cm³/mol. The molecule has 4 nitrogen and oxygen atoms in total. The van der Waals surface area contributed by atoms with E-state index < -0.39 is 0 Å². The summed E-state index contributed by atoms with van der Waals surface area (Å²) in [5.74, 6) is 0.253. The number of fused-ring (bicyclic) bond motifs is 1. The maximum atomic E-state index is 11.8. The normalized spacial score (nSPS) is 23.5. The molecule has 0 bridgehead atoms. The van der Waals surface area contributed by atoms with E-state index in [4.69, 9.17) is 0 Å². The Balaban J connectivity index is 1.89. The smallest absolute Gasteiger partial charge is 0.227 e. The van der Waals surface area contributed by atoms with Crippen LogP contribution in [0.1, 0.15) is 31.7 Å². The number of hydrogen-bond donors (Lipinski definition) is 2. The number of aryl methyl sites for hydroxylation is 1. The van der Waals surface area contributed by atoms with Crippen LogP contribution in [-0.2, 0) is 11.2 Å². The molecule has 1 unspecified atom stereocenters. The monoisotopic (exact) mass is 245 g/mol. The second kappa shape index (κ2) is 4.61. The van der Waals surface area contributed by atoms with Crippen molar-refractivity contribution >= 4 is 17.3 Å². The number of nitrogens with one attached hydrogen (secondary N) is 2. The maximum absolute atomic E-state index is 11.8. The van der Waals surface area contributed by atoms with E-state index in [9.17, 15) is 4.79 Å².